The summed E-state index contributed by atoms with van der Waals surface area (Å²) < 4.78 is 0. The van der Waals surface area contributed by atoms with Crippen molar-refractivity contribution in [3.63, 3.8) is 0 Å². The summed E-state index contributed by atoms with van der Waals surface area (Å²) in [5.74, 6) is 0. The van der Waals surface area contributed by atoms with E-state index in [1.807, 2.05) is 18.2 Å². The van der Waals surface area contributed by atoms with Gasteiger partial charge in [0.05, 0.1) is 0 Å². The molecule has 2 aromatic rings. The molecule has 1 nitrogen and oxygen atoms in total. The fraction of sp³-hybridized carbons (Fsp3) is 0.0769. The molecule has 2 heteroatoms. The summed E-state index contributed by atoms with van der Waals surface area (Å²) in [6.45, 7) is 4.40. The van der Waals surface area contributed by atoms with Crippen LogP contribution in [0.15, 0.2) is 42.3 Å². The van der Waals surface area contributed by atoms with E-state index < -0.39 is 0 Å². The molecule has 1 aromatic heterocycles. The minimum Gasteiger partial charge on any atom is -0.326 e. The predicted octanol–water partition coefficient (Wildman–Crippen LogP) is 3.52. The average molecular weight is 215 g/mol. The largest absolute Gasteiger partial charge is 0.326 e. The van der Waals surface area contributed by atoms with Crippen LogP contribution in [0.3, 0.4) is 0 Å². The Labute approximate surface area is 93.9 Å². The van der Waals surface area contributed by atoms with Gasteiger partial charge in [0.2, 0.25) is 0 Å². The van der Waals surface area contributed by atoms with Gasteiger partial charge in [0, 0.05) is 11.4 Å². The monoisotopic (exact) mass is 215 g/mol. The smallest absolute Gasteiger partial charge is 0.0342 e. The minimum atomic E-state index is 0.572. The molecule has 0 atom stereocenters. The standard InChI is InChI=1S/C13H13NS/c1-2-13-12(7-8-15-13)11-6-4-3-5-10(11)9-14/h2-8H,1,9,14H2. The molecular formula is C13H13NS. The molecule has 0 bridgehead atoms. The lowest BCUT2D eigenvalue weighted by molar-refractivity contribution is 1.07. The van der Waals surface area contributed by atoms with E-state index in [1.54, 1.807) is 11.3 Å². The molecule has 0 aliphatic rings. The van der Waals surface area contributed by atoms with Gasteiger partial charge in [-0.25, -0.2) is 0 Å². The van der Waals surface area contributed by atoms with Gasteiger partial charge in [0.15, 0.2) is 0 Å². The Hall–Kier alpha value is -1.38. The second-order valence-electron chi connectivity index (χ2n) is 3.26. The summed E-state index contributed by atoms with van der Waals surface area (Å²) in [6, 6.07) is 10.4. The van der Waals surface area contributed by atoms with Gasteiger partial charge in [-0.2, -0.15) is 0 Å². The Bertz CT molecular complexity index is 471. The van der Waals surface area contributed by atoms with E-state index in [-0.39, 0.29) is 0 Å². The number of hydrogen-bond acceptors (Lipinski definition) is 2. The topological polar surface area (TPSA) is 26.0 Å². The second-order valence-corrected chi connectivity index (χ2v) is 4.21. The van der Waals surface area contributed by atoms with E-state index >= 15 is 0 Å². The Balaban J connectivity index is 2.58. The third-order valence-electron chi connectivity index (χ3n) is 2.41. The van der Waals surface area contributed by atoms with Crippen LogP contribution in [0.25, 0.3) is 17.2 Å². The molecule has 2 rings (SSSR count). The lowest BCUT2D eigenvalue weighted by Crippen LogP contribution is -1.98. The van der Waals surface area contributed by atoms with E-state index in [0.717, 1.165) is 0 Å². The van der Waals surface area contributed by atoms with Crippen molar-refractivity contribution in [2.75, 3.05) is 0 Å². The first-order valence-electron chi connectivity index (χ1n) is 4.85. The van der Waals surface area contributed by atoms with Crippen LogP contribution in [0.1, 0.15) is 10.4 Å². The van der Waals surface area contributed by atoms with Gasteiger partial charge in [0.1, 0.15) is 0 Å². The van der Waals surface area contributed by atoms with Crippen molar-refractivity contribution in [2.24, 2.45) is 5.73 Å². The van der Waals surface area contributed by atoms with Gasteiger partial charge in [0.25, 0.3) is 0 Å². The summed E-state index contributed by atoms with van der Waals surface area (Å²) >= 11 is 1.70. The van der Waals surface area contributed by atoms with Crippen molar-refractivity contribution in [2.45, 2.75) is 6.54 Å². The maximum absolute atomic E-state index is 5.73. The van der Waals surface area contributed by atoms with E-state index in [0.29, 0.717) is 6.54 Å². The summed E-state index contributed by atoms with van der Waals surface area (Å²) in [7, 11) is 0. The van der Waals surface area contributed by atoms with Crippen molar-refractivity contribution < 1.29 is 0 Å². The Morgan fingerprint density at radius 1 is 1.20 bits per heavy atom. The summed E-state index contributed by atoms with van der Waals surface area (Å²) in [4.78, 5) is 1.20. The molecule has 0 fully saturated rings. The minimum absolute atomic E-state index is 0.572. The number of nitrogens with two attached hydrogens (primary N) is 1. The molecule has 76 valence electrons. The Morgan fingerprint density at radius 3 is 2.73 bits per heavy atom. The first-order valence-corrected chi connectivity index (χ1v) is 5.73. The molecule has 2 N–H and O–H groups in total. The highest BCUT2D eigenvalue weighted by Crippen LogP contribution is 2.31. The highest BCUT2D eigenvalue weighted by atomic mass is 32.1. The van der Waals surface area contributed by atoms with E-state index in [4.69, 9.17) is 5.73 Å². The molecule has 1 heterocycles. The van der Waals surface area contributed by atoms with Gasteiger partial charge in [-0.3, -0.25) is 0 Å². The van der Waals surface area contributed by atoms with Crippen molar-refractivity contribution >= 4 is 17.4 Å². The first-order chi connectivity index (χ1) is 7.36. The first kappa shape index (κ1) is 10.1. The SMILES string of the molecule is C=Cc1sccc1-c1ccccc1CN. The third kappa shape index (κ3) is 1.87. The van der Waals surface area contributed by atoms with Gasteiger partial charge in [-0.1, -0.05) is 36.9 Å². The molecule has 0 aliphatic heterocycles. The zero-order chi connectivity index (χ0) is 10.7. The summed E-state index contributed by atoms with van der Waals surface area (Å²) in [5, 5.41) is 2.08. The molecule has 0 aliphatic carbocycles. The van der Waals surface area contributed by atoms with Crippen LogP contribution in [0.5, 0.6) is 0 Å². The highest BCUT2D eigenvalue weighted by molar-refractivity contribution is 7.11. The maximum Gasteiger partial charge on any atom is 0.0342 e. The average Bonchev–Trinajstić information content (AvgIpc) is 2.76. The zero-order valence-electron chi connectivity index (χ0n) is 8.44. The summed E-state index contributed by atoms with van der Waals surface area (Å²) in [5.41, 5.74) is 9.36. The molecule has 0 amide bonds. The van der Waals surface area contributed by atoms with Gasteiger partial charge in [-0.05, 0) is 28.1 Å². The molecular weight excluding hydrogens is 202 g/mol. The second kappa shape index (κ2) is 4.43. The lowest BCUT2D eigenvalue weighted by Gasteiger charge is -2.06. The Morgan fingerprint density at radius 2 is 2.00 bits per heavy atom. The molecule has 0 spiro atoms. The van der Waals surface area contributed by atoms with Crippen molar-refractivity contribution in [3.05, 3.63) is 52.7 Å². The number of hydrogen-bond donors (Lipinski definition) is 1. The maximum atomic E-state index is 5.73. The number of rotatable bonds is 3. The molecule has 0 saturated heterocycles. The summed E-state index contributed by atoms with van der Waals surface area (Å²) in [6.07, 6.45) is 1.90. The van der Waals surface area contributed by atoms with E-state index in [9.17, 15) is 0 Å². The molecule has 0 saturated carbocycles. The van der Waals surface area contributed by atoms with E-state index in [2.05, 4.69) is 30.2 Å². The van der Waals surface area contributed by atoms with Crippen LogP contribution in [0, 0.1) is 0 Å². The third-order valence-corrected chi connectivity index (χ3v) is 3.32. The molecule has 1 aromatic carbocycles. The van der Waals surface area contributed by atoms with Crippen LogP contribution < -0.4 is 5.73 Å². The van der Waals surface area contributed by atoms with Crippen molar-refractivity contribution in [3.8, 4) is 11.1 Å². The van der Waals surface area contributed by atoms with Crippen LogP contribution in [-0.2, 0) is 6.54 Å². The van der Waals surface area contributed by atoms with Crippen LogP contribution in [-0.4, -0.2) is 0 Å². The van der Waals surface area contributed by atoms with Crippen LogP contribution in [0.2, 0.25) is 0 Å². The number of benzene rings is 1. The van der Waals surface area contributed by atoms with Crippen LogP contribution in [0.4, 0.5) is 0 Å². The van der Waals surface area contributed by atoms with Gasteiger partial charge in [-0.15, -0.1) is 11.3 Å². The predicted molar refractivity (Wildman–Crippen MR) is 67.7 cm³/mol. The van der Waals surface area contributed by atoms with E-state index in [1.165, 1.54) is 21.6 Å². The van der Waals surface area contributed by atoms with Gasteiger partial charge < -0.3 is 5.73 Å². The van der Waals surface area contributed by atoms with Crippen molar-refractivity contribution in [1.82, 2.24) is 0 Å². The fourth-order valence-electron chi connectivity index (χ4n) is 1.66. The molecule has 0 unspecified atom stereocenters. The quantitative estimate of drug-likeness (QED) is 0.833. The zero-order valence-corrected chi connectivity index (χ0v) is 9.26. The number of thiophene rings is 1. The Kier molecular flexibility index (Phi) is 2.99. The fourth-order valence-corrected chi connectivity index (χ4v) is 2.41. The van der Waals surface area contributed by atoms with Crippen molar-refractivity contribution in [1.29, 1.82) is 0 Å². The highest BCUT2D eigenvalue weighted by Gasteiger charge is 2.07. The van der Waals surface area contributed by atoms with Gasteiger partial charge >= 0.3 is 0 Å². The normalized spacial score (nSPS) is 10.2. The van der Waals surface area contributed by atoms with Crippen LogP contribution >= 0.6 is 11.3 Å². The molecule has 0 radical (unpaired) electrons. The molecule has 15 heavy (non-hydrogen) atoms. The lowest BCUT2D eigenvalue weighted by atomic mass is 10.0.